The number of rotatable bonds is 4. The van der Waals surface area contributed by atoms with Gasteiger partial charge in [-0.1, -0.05) is 11.6 Å². The maximum Gasteiger partial charge on any atom is 0.301 e. The molecular formula is C27H29ClF2N6O4. The molecule has 5 heterocycles. The molecule has 4 atom stereocenters. The van der Waals surface area contributed by atoms with Crippen LogP contribution in [0.25, 0.3) is 10.9 Å². The molecule has 3 aromatic rings. The van der Waals surface area contributed by atoms with Crippen LogP contribution in [0.1, 0.15) is 25.7 Å². The van der Waals surface area contributed by atoms with Crippen LogP contribution >= 0.6 is 11.6 Å². The fourth-order valence-electron chi connectivity index (χ4n) is 6.21. The number of nitrogens with zero attached hydrogens (tertiary/aromatic N) is 4. The largest absolute Gasteiger partial charge is 0.480 e. The molecule has 7 rings (SSSR count). The highest BCUT2D eigenvalue weighted by Crippen LogP contribution is 2.45. The SMILES string of the molecule is Cn1c(=O)c2c(c3cc(Nc4nc(N5[C@@H]6COC[C@H]5CC(O)C6)ncc4Cl)ccc31)N[C@@H](C1CC1)C(F)(F)CO2. The molecule has 0 radical (unpaired) electrons. The molecule has 13 heteroatoms. The Morgan fingerprint density at radius 1 is 1.23 bits per heavy atom. The van der Waals surface area contributed by atoms with Crippen LogP contribution in [0.5, 0.6) is 5.75 Å². The van der Waals surface area contributed by atoms with E-state index in [9.17, 15) is 18.7 Å². The van der Waals surface area contributed by atoms with E-state index in [-0.39, 0.29) is 35.5 Å². The third-order valence-electron chi connectivity index (χ3n) is 8.33. The molecule has 0 amide bonds. The second kappa shape index (κ2) is 9.42. The van der Waals surface area contributed by atoms with Crippen LogP contribution in [-0.2, 0) is 11.8 Å². The zero-order chi connectivity index (χ0) is 27.8. The van der Waals surface area contributed by atoms with Crippen molar-refractivity contribution < 1.29 is 23.4 Å². The Morgan fingerprint density at radius 2 is 1.98 bits per heavy atom. The summed E-state index contributed by atoms with van der Waals surface area (Å²) in [5.74, 6) is -2.55. The van der Waals surface area contributed by atoms with Crippen molar-refractivity contribution in [3.63, 3.8) is 0 Å². The highest BCUT2D eigenvalue weighted by Gasteiger charge is 2.51. The lowest BCUT2D eigenvalue weighted by Crippen LogP contribution is -2.59. The minimum absolute atomic E-state index is 0.0439. The Labute approximate surface area is 233 Å². The number of halogens is 3. The lowest BCUT2D eigenvalue weighted by atomic mass is 9.92. The van der Waals surface area contributed by atoms with Crippen molar-refractivity contribution in [3.8, 4) is 5.75 Å². The van der Waals surface area contributed by atoms with Gasteiger partial charge in [0.05, 0.1) is 54.8 Å². The second-order valence-corrected chi connectivity index (χ2v) is 11.6. The van der Waals surface area contributed by atoms with Gasteiger partial charge in [0.2, 0.25) is 11.7 Å². The molecule has 40 heavy (non-hydrogen) atoms. The smallest absolute Gasteiger partial charge is 0.301 e. The summed E-state index contributed by atoms with van der Waals surface area (Å²) in [6.45, 7) is 0.103. The van der Waals surface area contributed by atoms with Crippen LogP contribution in [0.2, 0.25) is 5.02 Å². The van der Waals surface area contributed by atoms with Crippen LogP contribution in [0.3, 0.4) is 0 Å². The van der Waals surface area contributed by atoms with Crippen molar-refractivity contribution >= 4 is 45.6 Å². The van der Waals surface area contributed by atoms with Crippen molar-refractivity contribution in [2.45, 2.75) is 55.8 Å². The molecule has 212 valence electrons. The van der Waals surface area contributed by atoms with Crippen LogP contribution < -0.4 is 25.8 Å². The summed E-state index contributed by atoms with van der Waals surface area (Å²) < 4.78 is 42.5. The second-order valence-electron chi connectivity index (χ2n) is 11.2. The number of hydrogen-bond acceptors (Lipinski definition) is 9. The van der Waals surface area contributed by atoms with E-state index in [0.29, 0.717) is 72.3 Å². The van der Waals surface area contributed by atoms with E-state index in [2.05, 4.69) is 20.5 Å². The minimum atomic E-state index is -3.12. The van der Waals surface area contributed by atoms with Crippen molar-refractivity contribution in [3.05, 3.63) is 39.8 Å². The standard InChI is InChI=1S/C27H29ClF2N6O4/c1-35-20-5-4-14(6-18(20)21-22(25(35)38)40-12-27(29,30)23(33-21)13-2-3-13)32-24-19(28)9-31-26(34-24)36-15-7-17(37)8-16(36)11-39-10-15/h4-6,9,13,15-17,23,33,37H,2-3,7-8,10-12H2,1H3,(H,31,32,34)/t15-,16+,17?,23-/m0/s1. The van der Waals surface area contributed by atoms with Gasteiger partial charge in [-0.15, -0.1) is 0 Å². The number of alkyl halides is 2. The normalized spacial score (nSPS) is 27.4. The first-order valence-corrected chi connectivity index (χ1v) is 13.8. The number of anilines is 4. The summed E-state index contributed by atoms with van der Waals surface area (Å²) in [5, 5.41) is 17.3. The highest BCUT2D eigenvalue weighted by atomic mass is 35.5. The first-order valence-electron chi connectivity index (χ1n) is 13.5. The topological polar surface area (TPSA) is 114 Å². The van der Waals surface area contributed by atoms with Gasteiger partial charge < -0.3 is 34.7 Å². The number of aliphatic hydroxyl groups excluding tert-OH is 1. The molecule has 3 N–H and O–H groups in total. The molecule has 10 nitrogen and oxygen atoms in total. The van der Waals surface area contributed by atoms with Gasteiger partial charge in [-0.25, -0.2) is 13.8 Å². The van der Waals surface area contributed by atoms with Crippen molar-refractivity contribution in [1.82, 2.24) is 14.5 Å². The van der Waals surface area contributed by atoms with Gasteiger partial charge >= 0.3 is 5.92 Å². The number of morpholine rings is 1. The van der Waals surface area contributed by atoms with Gasteiger partial charge in [-0.3, -0.25) is 4.79 Å². The molecule has 0 spiro atoms. The number of fused-ring (bicyclic) bond motifs is 5. The first kappa shape index (κ1) is 25.7. The molecule has 3 fully saturated rings. The molecule has 3 aliphatic heterocycles. The molecule has 1 aliphatic carbocycles. The summed E-state index contributed by atoms with van der Waals surface area (Å²) >= 11 is 6.49. The molecule has 2 aromatic heterocycles. The Morgan fingerprint density at radius 3 is 2.70 bits per heavy atom. The fraction of sp³-hybridized carbons (Fsp3) is 0.519. The van der Waals surface area contributed by atoms with E-state index < -0.39 is 24.1 Å². The number of nitrogens with one attached hydrogen (secondary N) is 2. The van der Waals surface area contributed by atoms with E-state index in [1.807, 2.05) is 0 Å². The molecule has 1 aromatic carbocycles. The monoisotopic (exact) mass is 574 g/mol. The van der Waals surface area contributed by atoms with Gasteiger partial charge in [-0.2, -0.15) is 4.98 Å². The zero-order valence-electron chi connectivity index (χ0n) is 21.7. The highest BCUT2D eigenvalue weighted by molar-refractivity contribution is 6.33. The number of benzene rings is 1. The third-order valence-corrected chi connectivity index (χ3v) is 8.61. The molecular weight excluding hydrogens is 546 g/mol. The average molecular weight is 575 g/mol. The number of hydrogen-bond donors (Lipinski definition) is 3. The lowest BCUT2D eigenvalue weighted by Gasteiger charge is -2.47. The quantitative estimate of drug-likeness (QED) is 0.429. The van der Waals surface area contributed by atoms with E-state index in [4.69, 9.17) is 26.1 Å². The minimum Gasteiger partial charge on any atom is -0.480 e. The third kappa shape index (κ3) is 4.33. The van der Waals surface area contributed by atoms with E-state index >= 15 is 0 Å². The Hall–Kier alpha value is -3.22. The van der Waals surface area contributed by atoms with Crippen LogP contribution in [0.15, 0.2) is 29.2 Å². The summed E-state index contributed by atoms with van der Waals surface area (Å²) in [5.41, 5.74) is 0.954. The van der Waals surface area contributed by atoms with Gasteiger partial charge in [0, 0.05) is 18.1 Å². The zero-order valence-corrected chi connectivity index (χ0v) is 22.5. The van der Waals surface area contributed by atoms with Crippen LogP contribution in [0.4, 0.5) is 31.9 Å². The molecule has 4 aliphatic rings. The maximum atomic E-state index is 15.0. The molecule has 2 saturated heterocycles. The van der Waals surface area contributed by atoms with E-state index in [1.54, 1.807) is 25.2 Å². The summed E-state index contributed by atoms with van der Waals surface area (Å²) in [7, 11) is 1.59. The number of ether oxygens (including phenoxy) is 2. The van der Waals surface area contributed by atoms with Crippen molar-refractivity contribution in [1.29, 1.82) is 0 Å². The lowest BCUT2D eigenvalue weighted by molar-refractivity contribution is -0.0579. The average Bonchev–Trinajstić information content (AvgIpc) is 3.76. The summed E-state index contributed by atoms with van der Waals surface area (Å²) in [6, 6.07) is 4.09. The number of aliphatic hydroxyl groups is 1. The van der Waals surface area contributed by atoms with Crippen LogP contribution in [-0.4, -0.2) is 69.6 Å². The van der Waals surface area contributed by atoms with E-state index in [1.165, 1.54) is 10.8 Å². The maximum absolute atomic E-state index is 15.0. The Kier molecular flexibility index (Phi) is 6.06. The Balaban J connectivity index is 1.26. The predicted octanol–water partition coefficient (Wildman–Crippen LogP) is 3.67. The van der Waals surface area contributed by atoms with Gasteiger partial charge in [0.25, 0.3) is 5.56 Å². The fourth-order valence-corrected chi connectivity index (χ4v) is 6.34. The first-order chi connectivity index (χ1) is 19.2. The van der Waals surface area contributed by atoms with E-state index in [0.717, 1.165) is 0 Å². The molecule has 2 bridgehead atoms. The predicted molar refractivity (Wildman–Crippen MR) is 146 cm³/mol. The number of aromatic nitrogens is 3. The number of pyridine rings is 1. The summed E-state index contributed by atoms with van der Waals surface area (Å²) in [6.07, 6.45) is 3.68. The van der Waals surface area contributed by atoms with Gasteiger partial charge in [0.1, 0.15) is 5.02 Å². The van der Waals surface area contributed by atoms with Gasteiger partial charge in [0.15, 0.2) is 12.4 Å². The summed E-state index contributed by atoms with van der Waals surface area (Å²) in [4.78, 5) is 24.3. The van der Waals surface area contributed by atoms with Crippen molar-refractivity contribution in [2.75, 3.05) is 35.4 Å². The van der Waals surface area contributed by atoms with Crippen molar-refractivity contribution in [2.24, 2.45) is 13.0 Å². The number of piperidine rings is 1. The Bertz CT molecular complexity index is 1540. The number of aryl methyl sites for hydroxylation is 1. The van der Waals surface area contributed by atoms with Gasteiger partial charge in [-0.05, 0) is 49.8 Å². The molecule has 1 unspecified atom stereocenters. The van der Waals surface area contributed by atoms with Crippen LogP contribution in [0, 0.1) is 5.92 Å². The molecule has 1 saturated carbocycles.